The number of aliphatic carboxylic acids is 1. The van der Waals surface area contributed by atoms with Gasteiger partial charge in [-0.1, -0.05) is 48.5 Å². The lowest BCUT2D eigenvalue weighted by Gasteiger charge is -2.35. The molecular formula is C25H26F2N2O5. The molecular weight excluding hydrogens is 446 g/mol. The summed E-state index contributed by atoms with van der Waals surface area (Å²) in [5.74, 6) is -1.89. The van der Waals surface area contributed by atoms with Crippen LogP contribution in [-0.2, 0) is 14.3 Å². The Morgan fingerprint density at radius 2 is 1.59 bits per heavy atom. The van der Waals surface area contributed by atoms with Crippen molar-refractivity contribution >= 4 is 18.0 Å². The minimum Gasteiger partial charge on any atom is -0.481 e. The third kappa shape index (κ3) is 5.35. The summed E-state index contributed by atoms with van der Waals surface area (Å²) >= 11 is 0. The van der Waals surface area contributed by atoms with Crippen LogP contribution >= 0.6 is 0 Å². The monoisotopic (exact) mass is 472 g/mol. The summed E-state index contributed by atoms with van der Waals surface area (Å²) in [6.07, 6.45) is -3.66. The van der Waals surface area contributed by atoms with E-state index < -0.39 is 36.9 Å². The number of carbonyl (C=O) groups excluding carboxylic acids is 2. The van der Waals surface area contributed by atoms with Crippen molar-refractivity contribution in [3.05, 3.63) is 59.7 Å². The molecule has 2 aliphatic carbocycles. The van der Waals surface area contributed by atoms with Crippen LogP contribution in [-0.4, -0.2) is 48.2 Å². The van der Waals surface area contributed by atoms with E-state index in [1.54, 1.807) is 0 Å². The lowest BCUT2D eigenvalue weighted by atomic mass is 9.78. The maximum absolute atomic E-state index is 13.1. The van der Waals surface area contributed by atoms with Crippen molar-refractivity contribution in [2.24, 2.45) is 5.92 Å². The minimum atomic E-state index is -2.80. The molecule has 0 aromatic heterocycles. The van der Waals surface area contributed by atoms with Gasteiger partial charge in [0.05, 0.1) is 0 Å². The van der Waals surface area contributed by atoms with Gasteiger partial charge < -0.3 is 20.5 Å². The normalized spacial score (nSPS) is 19.5. The number of benzene rings is 2. The smallest absolute Gasteiger partial charge is 0.407 e. The molecule has 34 heavy (non-hydrogen) atoms. The highest BCUT2D eigenvalue weighted by molar-refractivity contribution is 5.86. The van der Waals surface area contributed by atoms with Crippen molar-refractivity contribution in [2.45, 2.75) is 50.1 Å². The third-order valence-electron chi connectivity index (χ3n) is 6.41. The van der Waals surface area contributed by atoms with Gasteiger partial charge in [0, 0.05) is 24.8 Å². The number of hydrogen-bond donors (Lipinski definition) is 3. The van der Waals surface area contributed by atoms with E-state index in [0.717, 1.165) is 22.3 Å². The molecule has 1 fully saturated rings. The zero-order valence-corrected chi connectivity index (χ0v) is 18.4. The number of nitrogens with one attached hydrogen (secondary N) is 2. The quantitative estimate of drug-likeness (QED) is 0.513. The van der Waals surface area contributed by atoms with E-state index in [9.17, 15) is 23.2 Å². The Balaban J connectivity index is 1.34. The zero-order chi connectivity index (χ0) is 24.2. The van der Waals surface area contributed by atoms with Gasteiger partial charge in [-0.05, 0) is 41.0 Å². The van der Waals surface area contributed by atoms with E-state index in [-0.39, 0.29) is 30.9 Å². The first-order chi connectivity index (χ1) is 16.3. The lowest BCUT2D eigenvalue weighted by Crippen LogP contribution is -2.53. The lowest BCUT2D eigenvalue weighted by molar-refractivity contribution is -0.139. The van der Waals surface area contributed by atoms with Crippen LogP contribution in [0, 0.1) is 5.92 Å². The standard InChI is InChI=1S/C25H26F2N2O5/c26-22(27)12-21(24(32)28-15-9-14(10-15)11-23(30)31)29-25(33)34-13-20-18-7-3-1-5-16(18)17-6-2-4-8-19(17)20/h1-8,14-15,20-22H,9-13H2,(H,28,32)(H,29,33)(H,30,31). The molecule has 1 saturated carbocycles. The van der Waals surface area contributed by atoms with E-state index in [1.165, 1.54) is 0 Å². The van der Waals surface area contributed by atoms with Crippen molar-refractivity contribution in [2.75, 3.05) is 6.61 Å². The molecule has 0 saturated heterocycles. The zero-order valence-electron chi connectivity index (χ0n) is 18.4. The number of fused-ring (bicyclic) bond motifs is 3. The first-order valence-electron chi connectivity index (χ1n) is 11.2. The predicted molar refractivity (Wildman–Crippen MR) is 120 cm³/mol. The van der Waals surface area contributed by atoms with E-state index >= 15 is 0 Å². The van der Waals surface area contributed by atoms with Gasteiger partial charge in [-0.15, -0.1) is 0 Å². The van der Waals surface area contributed by atoms with Crippen LogP contribution in [0.3, 0.4) is 0 Å². The maximum Gasteiger partial charge on any atom is 0.407 e. The van der Waals surface area contributed by atoms with Gasteiger partial charge in [0.15, 0.2) is 0 Å². The molecule has 1 unspecified atom stereocenters. The first-order valence-corrected chi connectivity index (χ1v) is 11.2. The summed E-state index contributed by atoms with van der Waals surface area (Å²) < 4.78 is 31.5. The van der Waals surface area contributed by atoms with Crippen LogP contribution < -0.4 is 10.6 Å². The first kappa shape index (κ1) is 23.7. The Morgan fingerprint density at radius 1 is 1.00 bits per heavy atom. The molecule has 180 valence electrons. The highest BCUT2D eigenvalue weighted by Gasteiger charge is 2.35. The Labute approximate surface area is 195 Å². The van der Waals surface area contributed by atoms with Gasteiger partial charge in [-0.3, -0.25) is 9.59 Å². The van der Waals surface area contributed by atoms with Crippen LogP contribution in [0.15, 0.2) is 48.5 Å². The molecule has 0 aliphatic heterocycles. The number of amides is 2. The minimum absolute atomic E-state index is 0.00235. The number of alkyl halides is 2. The van der Waals surface area contributed by atoms with Gasteiger partial charge in [0.1, 0.15) is 12.6 Å². The summed E-state index contributed by atoms with van der Waals surface area (Å²) in [5.41, 5.74) is 4.14. The fourth-order valence-corrected chi connectivity index (χ4v) is 4.76. The Morgan fingerprint density at radius 3 is 2.15 bits per heavy atom. The molecule has 0 bridgehead atoms. The molecule has 0 radical (unpaired) electrons. The molecule has 1 atom stereocenters. The molecule has 3 N–H and O–H groups in total. The topological polar surface area (TPSA) is 105 Å². The highest BCUT2D eigenvalue weighted by atomic mass is 19.3. The van der Waals surface area contributed by atoms with Crippen molar-refractivity contribution in [3.63, 3.8) is 0 Å². The molecule has 0 spiro atoms. The number of carbonyl (C=O) groups is 3. The van der Waals surface area contributed by atoms with Crippen LogP contribution in [0.1, 0.15) is 42.7 Å². The molecule has 7 nitrogen and oxygen atoms in total. The molecule has 9 heteroatoms. The number of carboxylic acids is 1. The summed E-state index contributed by atoms with van der Waals surface area (Å²) in [6.45, 7) is 0.00235. The van der Waals surface area contributed by atoms with Crippen LogP contribution in [0.5, 0.6) is 0 Å². The van der Waals surface area contributed by atoms with Crippen molar-refractivity contribution in [3.8, 4) is 11.1 Å². The van der Waals surface area contributed by atoms with Crippen molar-refractivity contribution in [1.82, 2.24) is 10.6 Å². The van der Waals surface area contributed by atoms with Crippen LogP contribution in [0.2, 0.25) is 0 Å². The van der Waals surface area contributed by atoms with E-state index in [2.05, 4.69) is 10.6 Å². The van der Waals surface area contributed by atoms with Gasteiger partial charge >= 0.3 is 12.1 Å². The van der Waals surface area contributed by atoms with E-state index in [0.29, 0.717) is 12.8 Å². The van der Waals surface area contributed by atoms with Crippen molar-refractivity contribution < 1.29 is 33.0 Å². The number of alkyl carbamates (subject to hydrolysis) is 1. The fourth-order valence-electron chi connectivity index (χ4n) is 4.76. The third-order valence-corrected chi connectivity index (χ3v) is 6.41. The average Bonchev–Trinajstić information content (AvgIpc) is 3.09. The molecule has 2 aromatic rings. The van der Waals surface area contributed by atoms with Gasteiger partial charge in [0.2, 0.25) is 12.3 Å². The molecule has 2 aliphatic rings. The average molecular weight is 472 g/mol. The van der Waals surface area contributed by atoms with Crippen LogP contribution in [0.4, 0.5) is 13.6 Å². The number of rotatable bonds is 9. The number of carboxylic acid groups (broad SMARTS) is 1. The summed E-state index contributed by atoms with van der Waals surface area (Å²) in [5, 5.41) is 13.7. The Hall–Kier alpha value is -3.49. The Kier molecular flexibility index (Phi) is 7.09. The second-order valence-electron chi connectivity index (χ2n) is 8.79. The Bertz CT molecular complexity index is 1030. The van der Waals surface area contributed by atoms with Gasteiger partial charge in [0.25, 0.3) is 0 Å². The second-order valence-corrected chi connectivity index (χ2v) is 8.79. The maximum atomic E-state index is 13.1. The molecule has 2 aromatic carbocycles. The molecule has 2 amide bonds. The summed E-state index contributed by atoms with van der Waals surface area (Å²) in [4.78, 5) is 35.7. The molecule has 0 heterocycles. The van der Waals surface area contributed by atoms with Gasteiger partial charge in [-0.25, -0.2) is 13.6 Å². The van der Waals surface area contributed by atoms with E-state index in [4.69, 9.17) is 9.84 Å². The number of halogens is 2. The highest BCUT2D eigenvalue weighted by Crippen LogP contribution is 2.44. The van der Waals surface area contributed by atoms with Gasteiger partial charge in [-0.2, -0.15) is 0 Å². The summed E-state index contributed by atoms with van der Waals surface area (Å²) in [7, 11) is 0. The fraction of sp³-hybridized carbons (Fsp3) is 0.400. The van der Waals surface area contributed by atoms with Crippen LogP contribution in [0.25, 0.3) is 11.1 Å². The molecule has 4 rings (SSSR count). The number of hydrogen-bond acceptors (Lipinski definition) is 4. The van der Waals surface area contributed by atoms with Crippen molar-refractivity contribution in [1.29, 1.82) is 0 Å². The summed E-state index contributed by atoms with van der Waals surface area (Å²) in [6, 6.07) is 13.9. The van der Waals surface area contributed by atoms with E-state index in [1.807, 2.05) is 48.5 Å². The largest absolute Gasteiger partial charge is 0.481 e. The number of ether oxygens (including phenoxy) is 1. The SMILES string of the molecule is O=C(O)CC1CC(NC(=O)C(CC(F)F)NC(=O)OCC2c3ccccc3-c3ccccc32)C1. The second kappa shape index (κ2) is 10.2. The predicted octanol–water partition coefficient (Wildman–Crippen LogP) is 3.92.